The summed E-state index contributed by atoms with van der Waals surface area (Å²) in [6.45, 7) is 1.30. The monoisotopic (exact) mass is 318 g/mol. The van der Waals surface area contributed by atoms with E-state index < -0.39 is 35.0 Å². The number of carboxylic acid groups (broad SMARTS) is 1. The van der Waals surface area contributed by atoms with E-state index in [4.69, 9.17) is 5.11 Å². The third-order valence-electron chi connectivity index (χ3n) is 4.71. The Bertz CT molecular complexity index is 725. The van der Waals surface area contributed by atoms with Gasteiger partial charge in [0, 0.05) is 6.20 Å². The molecule has 1 aliphatic carbocycles. The van der Waals surface area contributed by atoms with Crippen LogP contribution in [0.2, 0.25) is 0 Å². The number of fused-ring (bicyclic) bond motifs is 2. The van der Waals surface area contributed by atoms with Crippen LogP contribution in [0.3, 0.4) is 0 Å². The lowest BCUT2D eigenvalue weighted by molar-refractivity contribution is -0.141. The summed E-state index contributed by atoms with van der Waals surface area (Å²) < 4.78 is 1.75. The smallest absolute Gasteiger partial charge is 0.325 e. The summed E-state index contributed by atoms with van der Waals surface area (Å²) in [4.78, 5) is 36.3. The highest BCUT2D eigenvalue weighted by molar-refractivity contribution is 6.27. The van der Waals surface area contributed by atoms with Crippen molar-refractivity contribution < 1.29 is 24.6 Å². The van der Waals surface area contributed by atoms with Gasteiger partial charge in [0.25, 0.3) is 5.91 Å². The van der Waals surface area contributed by atoms with E-state index in [1.54, 1.807) is 22.9 Å². The average Bonchev–Trinajstić information content (AvgIpc) is 3.15. The molecule has 2 aliphatic rings. The van der Waals surface area contributed by atoms with Gasteiger partial charge in [0.1, 0.15) is 17.2 Å². The zero-order chi connectivity index (χ0) is 16.8. The fourth-order valence-corrected chi connectivity index (χ4v) is 3.49. The summed E-state index contributed by atoms with van der Waals surface area (Å²) in [5.74, 6) is -2.89. The van der Waals surface area contributed by atoms with Gasteiger partial charge in [0.2, 0.25) is 0 Å². The van der Waals surface area contributed by atoms with Crippen LogP contribution in [0.5, 0.6) is 0 Å². The van der Waals surface area contributed by atoms with Crippen LogP contribution in [0, 0.1) is 0 Å². The van der Waals surface area contributed by atoms with Crippen molar-refractivity contribution in [3.05, 3.63) is 29.6 Å². The van der Waals surface area contributed by atoms with Gasteiger partial charge in [-0.3, -0.25) is 14.4 Å². The second kappa shape index (κ2) is 5.26. The molecule has 23 heavy (non-hydrogen) atoms. The SMILES string of the molecule is C[C@@H](NC(=O)C1=C(O)c2cccn2C2(CCCC2)C1=O)C(=O)O. The van der Waals surface area contributed by atoms with E-state index in [1.165, 1.54) is 6.92 Å². The molecule has 0 bridgehead atoms. The van der Waals surface area contributed by atoms with E-state index in [-0.39, 0.29) is 5.57 Å². The summed E-state index contributed by atoms with van der Waals surface area (Å²) in [6, 6.07) is 2.22. The Morgan fingerprint density at radius 2 is 2.00 bits per heavy atom. The molecule has 3 rings (SSSR count). The van der Waals surface area contributed by atoms with Crippen molar-refractivity contribution >= 4 is 23.4 Å². The number of aliphatic hydroxyl groups excluding tert-OH is 1. The van der Waals surface area contributed by atoms with Gasteiger partial charge in [0.15, 0.2) is 11.5 Å². The maximum absolute atomic E-state index is 13.0. The molecule has 0 radical (unpaired) electrons. The third kappa shape index (κ3) is 2.15. The van der Waals surface area contributed by atoms with Gasteiger partial charge in [-0.15, -0.1) is 0 Å². The molecule has 1 aromatic heterocycles. The number of aliphatic carboxylic acids is 1. The molecule has 122 valence electrons. The summed E-state index contributed by atoms with van der Waals surface area (Å²) in [5.41, 5.74) is -0.768. The van der Waals surface area contributed by atoms with E-state index in [9.17, 15) is 19.5 Å². The molecular formula is C16H18N2O5. The first-order valence-corrected chi connectivity index (χ1v) is 7.58. The number of Topliss-reactive ketones (excluding diaryl/α,β-unsaturated/α-hetero) is 1. The standard InChI is InChI=1S/C16H18N2O5/c1-9(15(22)23)17-14(21)11-12(19)10-5-4-8-18(10)16(13(11)20)6-2-3-7-16/h4-5,8-9,19H,2-3,6-7H2,1H3,(H,17,21)(H,22,23)/t9-/m1/s1. The first-order chi connectivity index (χ1) is 10.9. The van der Waals surface area contributed by atoms with E-state index in [0.29, 0.717) is 18.5 Å². The molecule has 1 aliphatic heterocycles. The molecule has 1 spiro atoms. The van der Waals surface area contributed by atoms with E-state index in [0.717, 1.165) is 12.8 Å². The van der Waals surface area contributed by atoms with Crippen LogP contribution in [0.1, 0.15) is 38.3 Å². The zero-order valence-corrected chi connectivity index (χ0v) is 12.7. The van der Waals surface area contributed by atoms with Crippen molar-refractivity contribution in [3.63, 3.8) is 0 Å². The topological polar surface area (TPSA) is 109 Å². The third-order valence-corrected chi connectivity index (χ3v) is 4.71. The summed E-state index contributed by atoms with van der Waals surface area (Å²) >= 11 is 0. The number of hydrogen-bond acceptors (Lipinski definition) is 4. The molecule has 1 saturated carbocycles. The quantitative estimate of drug-likeness (QED) is 0.726. The molecule has 2 heterocycles. The first kappa shape index (κ1) is 15.3. The number of ketones is 1. The molecule has 7 nitrogen and oxygen atoms in total. The fourth-order valence-electron chi connectivity index (χ4n) is 3.49. The van der Waals surface area contributed by atoms with Crippen molar-refractivity contribution in [2.75, 3.05) is 0 Å². The number of carboxylic acids is 1. The minimum atomic E-state index is -1.21. The van der Waals surface area contributed by atoms with Crippen LogP contribution < -0.4 is 5.32 Å². The lowest BCUT2D eigenvalue weighted by atomic mass is 9.82. The number of nitrogens with one attached hydrogen (secondary N) is 1. The molecule has 0 unspecified atom stereocenters. The average molecular weight is 318 g/mol. The summed E-state index contributed by atoms with van der Waals surface area (Å²) in [6.07, 6.45) is 4.68. The van der Waals surface area contributed by atoms with Gasteiger partial charge in [-0.25, -0.2) is 0 Å². The van der Waals surface area contributed by atoms with Gasteiger partial charge in [-0.2, -0.15) is 0 Å². The summed E-state index contributed by atoms with van der Waals surface area (Å²) in [7, 11) is 0. The first-order valence-electron chi connectivity index (χ1n) is 7.58. The predicted molar refractivity (Wildman–Crippen MR) is 80.7 cm³/mol. The molecular weight excluding hydrogens is 300 g/mol. The normalized spacial score (nSPS) is 20.5. The number of aliphatic hydroxyl groups is 1. The van der Waals surface area contributed by atoms with Crippen molar-refractivity contribution in [3.8, 4) is 0 Å². The van der Waals surface area contributed by atoms with Crippen LogP contribution in [-0.4, -0.2) is 38.5 Å². The maximum atomic E-state index is 13.0. The second-order valence-electron chi connectivity index (χ2n) is 6.09. The van der Waals surface area contributed by atoms with Gasteiger partial charge in [-0.1, -0.05) is 12.8 Å². The lowest BCUT2D eigenvalue weighted by Gasteiger charge is -2.35. The highest BCUT2D eigenvalue weighted by Crippen LogP contribution is 2.44. The molecule has 1 amide bonds. The highest BCUT2D eigenvalue weighted by Gasteiger charge is 2.50. The number of aromatic nitrogens is 1. The van der Waals surface area contributed by atoms with Crippen LogP contribution in [0.25, 0.3) is 5.76 Å². The number of hydrogen-bond donors (Lipinski definition) is 3. The molecule has 0 saturated heterocycles. The molecule has 1 fully saturated rings. The predicted octanol–water partition coefficient (Wildman–Crippen LogP) is 1.20. The largest absolute Gasteiger partial charge is 0.505 e. The number of rotatable bonds is 3. The lowest BCUT2D eigenvalue weighted by Crippen LogP contribution is -2.49. The highest BCUT2D eigenvalue weighted by atomic mass is 16.4. The van der Waals surface area contributed by atoms with Crippen LogP contribution in [-0.2, 0) is 19.9 Å². The van der Waals surface area contributed by atoms with Crippen LogP contribution >= 0.6 is 0 Å². The summed E-state index contributed by atoms with van der Waals surface area (Å²) in [5, 5.41) is 21.5. The minimum Gasteiger partial charge on any atom is -0.505 e. The van der Waals surface area contributed by atoms with Gasteiger partial charge < -0.3 is 20.1 Å². The van der Waals surface area contributed by atoms with Crippen molar-refractivity contribution in [2.24, 2.45) is 0 Å². The maximum Gasteiger partial charge on any atom is 0.325 e. The van der Waals surface area contributed by atoms with Crippen LogP contribution in [0.15, 0.2) is 23.9 Å². The minimum absolute atomic E-state index is 0.341. The fraction of sp³-hybridized carbons (Fsp3) is 0.438. The van der Waals surface area contributed by atoms with Crippen LogP contribution in [0.4, 0.5) is 0 Å². The second-order valence-corrected chi connectivity index (χ2v) is 6.09. The Morgan fingerprint density at radius 3 is 2.61 bits per heavy atom. The Labute approximate surface area is 132 Å². The van der Waals surface area contributed by atoms with Gasteiger partial charge in [0.05, 0.1) is 5.69 Å². The molecule has 1 atom stereocenters. The Hall–Kier alpha value is -2.57. The Balaban J connectivity index is 2.06. The van der Waals surface area contributed by atoms with E-state index in [1.807, 2.05) is 0 Å². The molecule has 0 aromatic carbocycles. The molecule has 1 aromatic rings. The van der Waals surface area contributed by atoms with E-state index >= 15 is 0 Å². The van der Waals surface area contributed by atoms with E-state index in [2.05, 4.69) is 5.32 Å². The number of carbonyl (C=O) groups is 3. The van der Waals surface area contributed by atoms with Gasteiger partial charge in [-0.05, 0) is 31.9 Å². The molecule has 3 N–H and O–H groups in total. The van der Waals surface area contributed by atoms with Crippen molar-refractivity contribution in [2.45, 2.75) is 44.2 Å². The van der Waals surface area contributed by atoms with Crippen molar-refractivity contribution in [1.82, 2.24) is 9.88 Å². The van der Waals surface area contributed by atoms with Gasteiger partial charge >= 0.3 is 5.97 Å². The number of nitrogens with zero attached hydrogens (tertiary/aromatic N) is 1. The number of amides is 1. The Kier molecular flexibility index (Phi) is 3.50. The number of carbonyl (C=O) groups excluding carboxylic acids is 2. The Morgan fingerprint density at radius 1 is 1.35 bits per heavy atom. The van der Waals surface area contributed by atoms with Crippen molar-refractivity contribution in [1.29, 1.82) is 0 Å². The molecule has 7 heteroatoms. The zero-order valence-electron chi connectivity index (χ0n) is 12.7.